The molecule has 0 aromatic heterocycles. The quantitative estimate of drug-likeness (QED) is 0.469. The van der Waals surface area contributed by atoms with Crippen LogP contribution in [0, 0.1) is 0 Å². The number of esters is 1. The molecule has 0 fully saturated rings. The highest BCUT2D eigenvalue weighted by Crippen LogP contribution is 2.24. The molecule has 13 heavy (non-hydrogen) atoms. The third-order valence-electron chi connectivity index (χ3n) is 1.60. The molecule has 0 radical (unpaired) electrons. The van der Waals surface area contributed by atoms with E-state index >= 15 is 0 Å². The first-order chi connectivity index (χ1) is 5.96. The van der Waals surface area contributed by atoms with Crippen molar-refractivity contribution < 1.29 is 14.6 Å². The molecule has 0 saturated carbocycles. The van der Waals surface area contributed by atoms with E-state index in [1.165, 1.54) is 6.08 Å². The molecule has 0 bridgehead atoms. The lowest BCUT2D eigenvalue weighted by Crippen LogP contribution is -2.41. The maximum Gasteiger partial charge on any atom is 0.325 e. The maximum absolute atomic E-state index is 11.3. The summed E-state index contributed by atoms with van der Waals surface area (Å²) in [5.74, 6) is -0.458. The molecule has 3 nitrogen and oxygen atoms in total. The first-order valence-corrected chi connectivity index (χ1v) is 4.93. The fraction of sp³-hybridized carbons (Fsp3) is 0.667. The molecule has 2 unspecified atom stereocenters. The average molecular weight is 251 g/mol. The minimum Gasteiger partial charge on any atom is -0.465 e. The van der Waals surface area contributed by atoms with Gasteiger partial charge in [0.25, 0.3) is 0 Å². The van der Waals surface area contributed by atoms with Crippen molar-refractivity contribution in [2.45, 2.75) is 31.2 Å². The molecule has 76 valence electrons. The number of halogens is 1. The highest BCUT2D eigenvalue weighted by Gasteiger charge is 2.37. The summed E-state index contributed by atoms with van der Waals surface area (Å²) in [7, 11) is 0. The Balaban J connectivity index is 4.44. The Bertz CT molecular complexity index is 199. The second-order valence-corrected chi connectivity index (χ2v) is 4.41. The van der Waals surface area contributed by atoms with Gasteiger partial charge in [0.15, 0.2) is 0 Å². The molecule has 0 spiro atoms. The Kier molecular flexibility index (Phi) is 5.25. The first kappa shape index (κ1) is 12.7. The monoisotopic (exact) mass is 250 g/mol. The molecule has 0 aliphatic rings. The van der Waals surface area contributed by atoms with Gasteiger partial charge in [-0.25, -0.2) is 0 Å². The summed E-state index contributed by atoms with van der Waals surface area (Å²) < 4.78 is 3.73. The van der Waals surface area contributed by atoms with Crippen LogP contribution in [-0.4, -0.2) is 28.1 Å². The minimum absolute atomic E-state index is 0.308. The van der Waals surface area contributed by atoms with Crippen LogP contribution in [0.3, 0.4) is 0 Å². The zero-order chi connectivity index (χ0) is 10.5. The summed E-state index contributed by atoms with van der Waals surface area (Å²) in [6.07, 6.45) is 2.34. The van der Waals surface area contributed by atoms with Crippen molar-refractivity contribution in [3.8, 4) is 0 Å². The number of alkyl halides is 1. The third kappa shape index (κ3) is 3.48. The summed E-state index contributed by atoms with van der Waals surface area (Å²) in [6, 6.07) is 0. The topological polar surface area (TPSA) is 46.5 Å². The molecule has 0 aromatic carbocycles. The molecule has 0 aliphatic heterocycles. The smallest absolute Gasteiger partial charge is 0.325 e. The van der Waals surface area contributed by atoms with Gasteiger partial charge in [-0.1, -0.05) is 28.1 Å². The van der Waals surface area contributed by atoms with Gasteiger partial charge in [0.1, 0.15) is 4.32 Å². The van der Waals surface area contributed by atoms with E-state index in [4.69, 9.17) is 4.74 Å². The van der Waals surface area contributed by atoms with Gasteiger partial charge < -0.3 is 9.84 Å². The van der Waals surface area contributed by atoms with Crippen LogP contribution in [0.4, 0.5) is 0 Å². The average Bonchev–Trinajstić information content (AvgIpc) is 2.05. The highest BCUT2D eigenvalue weighted by atomic mass is 79.9. The zero-order valence-corrected chi connectivity index (χ0v) is 9.67. The van der Waals surface area contributed by atoms with E-state index in [0.717, 1.165) is 0 Å². The van der Waals surface area contributed by atoms with Crippen molar-refractivity contribution in [2.24, 2.45) is 0 Å². The van der Waals surface area contributed by atoms with E-state index in [9.17, 15) is 9.90 Å². The second-order valence-electron chi connectivity index (χ2n) is 2.77. The van der Waals surface area contributed by atoms with Crippen molar-refractivity contribution in [1.29, 1.82) is 0 Å². The third-order valence-corrected chi connectivity index (χ3v) is 2.40. The molecule has 0 aromatic rings. The van der Waals surface area contributed by atoms with Gasteiger partial charge in [-0.15, -0.1) is 0 Å². The predicted molar refractivity (Wildman–Crippen MR) is 54.8 cm³/mol. The molecular weight excluding hydrogens is 236 g/mol. The molecule has 0 aliphatic carbocycles. The predicted octanol–water partition coefficient (Wildman–Crippen LogP) is 1.64. The highest BCUT2D eigenvalue weighted by molar-refractivity contribution is 9.10. The minimum atomic E-state index is -1.06. The van der Waals surface area contributed by atoms with Crippen LogP contribution >= 0.6 is 15.9 Å². The van der Waals surface area contributed by atoms with E-state index in [-0.39, 0.29) is 0 Å². The van der Waals surface area contributed by atoms with Crippen molar-refractivity contribution in [3.63, 3.8) is 0 Å². The Hall–Kier alpha value is -0.350. The fourth-order valence-corrected chi connectivity index (χ4v) is 1.02. The van der Waals surface area contributed by atoms with Crippen LogP contribution in [0.25, 0.3) is 0 Å². The van der Waals surface area contributed by atoms with Crippen LogP contribution in [-0.2, 0) is 9.53 Å². The van der Waals surface area contributed by atoms with Crippen molar-refractivity contribution in [3.05, 3.63) is 12.2 Å². The van der Waals surface area contributed by atoms with Crippen molar-refractivity contribution in [1.82, 2.24) is 0 Å². The van der Waals surface area contributed by atoms with Crippen molar-refractivity contribution in [2.75, 3.05) is 6.61 Å². The SMILES string of the molecule is C/C=C/C(O)C(C)(Br)C(=O)OCC. The molecule has 0 amide bonds. The lowest BCUT2D eigenvalue weighted by Gasteiger charge is -2.23. The van der Waals surface area contributed by atoms with Gasteiger partial charge in [0.05, 0.1) is 12.7 Å². The maximum atomic E-state index is 11.3. The molecule has 1 N–H and O–H groups in total. The first-order valence-electron chi connectivity index (χ1n) is 4.13. The van der Waals surface area contributed by atoms with Crippen LogP contribution in [0.2, 0.25) is 0 Å². The molecular formula is C9H15BrO3. The summed E-state index contributed by atoms with van der Waals surface area (Å²) in [5, 5.41) is 9.54. The number of rotatable bonds is 4. The van der Waals surface area contributed by atoms with Gasteiger partial charge in [-0.2, -0.15) is 0 Å². The summed E-state index contributed by atoms with van der Waals surface area (Å²) in [5.41, 5.74) is 0. The van der Waals surface area contributed by atoms with Gasteiger partial charge in [0, 0.05) is 0 Å². The lowest BCUT2D eigenvalue weighted by molar-refractivity contribution is -0.147. The van der Waals surface area contributed by atoms with Crippen molar-refractivity contribution >= 4 is 21.9 Å². The molecule has 0 saturated heterocycles. The van der Waals surface area contributed by atoms with Gasteiger partial charge >= 0.3 is 5.97 Å². The number of hydrogen-bond donors (Lipinski definition) is 1. The largest absolute Gasteiger partial charge is 0.465 e. The number of allylic oxidation sites excluding steroid dienone is 1. The Labute approximate surface area is 86.9 Å². The molecule has 4 heteroatoms. The van der Waals surface area contributed by atoms with Crippen LogP contribution in [0.1, 0.15) is 20.8 Å². The second kappa shape index (κ2) is 5.40. The standard InChI is InChI=1S/C9H15BrO3/c1-4-6-7(11)9(3,10)8(12)13-5-2/h4,6-7,11H,5H2,1-3H3/b6-4+. The van der Waals surface area contributed by atoms with Crippen LogP contribution < -0.4 is 0 Å². The number of hydrogen-bond acceptors (Lipinski definition) is 3. The zero-order valence-electron chi connectivity index (χ0n) is 8.08. The van der Waals surface area contributed by atoms with Gasteiger partial charge in [-0.3, -0.25) is 4.79 Å². The van der Waals surface area contributed by atoms with E-state index in [0.29, 0.717) is 6.61 Å². The normalized spacial score (nSPS) is 18.2. The van der Waals surface area contributed by atoms with E-state index in [2.05, 4.69) is 15.9 Å². The number of ether oxygens (including phenoxy) is 1. The number of aliphatic hydroxyl groups excluding tert-OH is 1. The van der Waals surface area contributed by atoms with E-state index in [1.807, 2.05) is 0 Å². The molecule has 0 heterocycles. The Morgan fingerprint density at radius 2 is 2.31 bits per heavy atom. The summed E-state index contributed by atoms with van der Waals surface area (Å²) in [4.78, 5) is 11.3. The van der Waals surface area contributed by atoms with Gasteiger partial charge in [-0.05, 0) is 20.8 Å². The van der Waals surface area contributed by atoms with Gasteiger partial charge in [0.2, 0.25) is 0 Å². The van der Waals surface area contributed by atoms with E-state index in [1.54, 1.807) is 26.8 Å². The number of carbonyl (C=O) groups excluding carboxylic acids is 1. The Morgan fingerprint density at radius 3 is 2.69 bits per heavy atom. The Morgan fingerprint density at radius 1 is 1.77 bits per heavy atom. The molecule has 2 atom stereocenters. The molecule has 0 rings (SSSR count). The fourth-order valence-electron chi connectivity index (χ4n) is 0.756. The summed E-state index contributed by atoms with van der Waals surface area (Å²) in [6.45, 7) is 5.39. The lowest BCUT2D eigenvalue weighted by atomic mass is 10.0. The van der Waals surface area contributed by atoms with Crippen LogP contribution in [0.5, 0.6) is 0 Å². The number of aliphatic hydroxyl groups is 1. The summed E-state index contributed by atoms with van der Waals surface area (Å²) >= 11 is 3.14. The van der Waals surface area contributed by atoms with E-state index < -0.39 is 16.4 Å². The number of carbonyl (C=O) groups is 1. The van der Waals surface area contributed by atoms with Crippen LogP contribution in [0.15, 0.2) is 12.2 Å².